The van der Waals surface area contributed by atoms with Gasteiger partial charge in [0.15, 0.2) is 5.65 Å². The van der Waals surface area contributed by atoms with Crippen molar-refractivity contribution in [3.63, 3.8) is 0 Å². The third-order valence-electron chi connectivity index (χ3n) is 4.81. The van der Waals surface area contributed by atoms with E-state index in [1.54, 1.807) is 6.33 Å². The molecule has 1 aliphatic heterocycles. The highest BCUT2D eigenvalue weighted by atomic mass is 79.9. The van der Waals surface area contributed by atoms with Crippen molar-refractivity contribution in [2.24, 2.45) is 0 Å². The maximum Gasteiger partial charge on any atom is 0.163 e. The van der Waals surface area contributed by atoms with Gasteiger partial charge < -0.3 is 4.90 Å². The lowest BCUT2D eigenvalue weighted by Crippen LogP contribution is -2.25. The second-order valence-electron chi connectivity index (χ2n) is 6.54. The fourth-order valence-electron chi connectivity index (χ4n) is 3.47. The Morgan fingerprint density at radius 3 is 2.52 bits per heavy atom. The normalized spacial score (nSPS) is 16.8. The minimum Gasteiger partial charge on any atom is -0.356 e. The van der Waals surface area contributed by atoms with Crippen molar-refractivity contribution >= 4 is 32.8 Å². The Kier molecular flexibility index (Phi) is 4.97. The number of hydrogen-bond acceptors (Lipinski definition) is 4. The molecule has 25 heavy (non-hydrogen) atoms. The van der Waals surface area contributed by atoms with Crippen LogP contribution in [-0.2, 0) is 6.54 Å². The molecule has 0 radical (unpaired) electrons. The Morgan fingerprint density at radius 2 is 1.76 bits per heavy atom. The van der Waals surface area contributed by atoms with Gasteiger partial charge in [0, 0.05) is 13.1 Å². The SMILES string of the molecule is BrC(Cn1ncc2c(N3CCCCCC3)ncnc21)c1ccccc1. The summed E-state index contributed by atoms with van der Waals surface area (Å²) in [6.45, 7) is 2.88. The van der Waals surface area contributed by atoms with Crippen LogP contribution in [0.1, 0.15) is 36.1 Å². The van der Waals surface area contributed by atoms with E-state index in [2.05, 4.69) is 60.2 Å². The highest BCUT2D eigenvalue weighted by Gasteiger charge is 2.18. The first-order valence-corrected chi connectivity index (χ1v) is 9.85. The fraction of sp³-hybridized carbons (Fsp3) is 0.421. The minimum absolute atomic E-state index is 0.202. The van der Waals surface area contributed by atoms with Gasteiger partial charge in [-0.15, -0.1) is 0 Å². The van der Waals surface area contributed by atoms with E-state index in [0.29, 0.717) is 0 Å². The van der Waals surface area contributed by atoms with Gasteiger partial charge in [0.1, 0.15) is 12.1 Å². The quantitative estimate of drug-likeness (QED) is 0.612. The summed E-state index contributed by atoms with van der Waals surface area (Å²) in [5, 5.41) is 5.65. The summed E-state index contributed by atoms with van der Waals surface area (Å²) in [6.07, 6.45) is 8.68. The lowest BCUT2D eigenvalue weighted by molar-refractivity contribution is 0.626. The molecule has 2 aromatic heterocycles. The fourth-order valence-corrected chi connectivity index (χ4v) is 4.05. The van der Waals surface area contributed by atoms with Gasteiger partial charge in [-0.1, -0.05) is 59.1 Å². The maximum absolute atomic E-state index is 4.60. The molecule has 0 amide bonds. The van der Waals surface area contributed by atoms with Gasteiger partial charge in [0.25, 0.3) is 0 Å². The number of aromatic nitrogens is 4. The van der Waals surface area contributed by atoms with E-state index in [9.17, 15) is 0 Å². The van der Waals surface area contributed by atoms with Gasteiger partial charge in [0.2, 0.25) is 0 Å². The summed E-state index contributed by atoms with van der Waals surface area (Å²) in [4.78, 5) is 11.7. The molecule has 0 saturated carbocycles. The number of alkyl halides is 1. The van der Waals surface area contributed by atoms with Gasteiger partial charge in [-0.3, -0.25) is 0 Å². The molecule has 1 unspecified atom stereocenters. The molecule has 1 fully saturated rings. The third-order valence-corrected chi connectivity index (χ3v) is 5.63. The predicted molar refractivity (Wildman–Crippen MR) is 104 cm³/mol. The first-order valence-electron chi connectivity index (χ1n) is 8.93. The van der Waals surface area contributed by atoms with Gasteiger partial charge in [-0.25, -0.2) is 14.6 Å². The van der Waals surface area contributed by atoms with E-state index in [1.807, 2.05) is 16.9 Å². The van der Waals surface area contributed by atoms with Crippen LogP contribution in [0, 0.1) is 0 Å². The van der Waals surface area contributed by atoms with Crippen molar-refractivity contribution in [3.05, 3.63) is 48.4 Å². The standard InChI is InChI=1S/C19H22BrN5/c20-17(15-8-4-3-5-9-15)13-25-19-16(12-23-25)18(21-14-22-19)24-10-6-1-2-7-11-24/h3-5,8-9,12,14,17H,1-2,6-7,10-11,13H2. The van der Waals surface area contributed by atoms with Crippen molar-refractivity contribution in [1.29, 1.82) is 0 Å². The lowest BCUT2D eigenvalue weighted by Gasteiger charge is -2.21. The molecule has 5 nitrogen and oxygen atoms in total. The summed E-state index contributed by atoms with van der Waals surface area (Å²) >= 11 is 3.78. The van der Waals surface area contributed by atoms with Gasteiger partial charge in [0.05, 0.1) is 23.0 Å². The molecule has 1 atom stereocenters. The van der Waals surface area contributed by atoms with Crippen LogP contribution < -0.4 is 4.90 Å². The Hall–Kier alpha value is -1.95. The Morgan fingerprint density at radius 1 is 1.00 bits per heavy atom. The molecular weight excluding hydrogens is 378 g/mol. The summed E-state index contributed by atoms with van der Waals surface area (Å²) in [5.41, 5.74) is 2.16. The number of anilines is 1. The zero-order chi connectivity index (χ0) is 17.1. The number of nitrogens with zero attached hydrogens (tertiary/aromatic N) is 5. The summed E-state index contributed by atoms with van der Waals surface area (Å²) in [5.74, 6) is 1.03. The maximum atomic E-state index is 4.60. The molecule has 0 aliphatic carbocycles. The van der Waals surface area contributed by atoms with Crippen molar-refractivity contribution < 1.29 is 0 Å². The van der Waals surface area contributed by atoms with Crippen molar-refractivity contribution in [2.45, 2.75) is 37.1 Å². The highest BCUT2D eigenvalue weighted by Crippen LogP contribution is 2.28. The van der Waals surface area contributed by atoms with Crippen LogP contribution in [0.2, 0.25) is 0 Å². The molecule has 1 aliphatic rings. The topological polar surface area (TPSA) is 46.8 Å². The monoisotopic (exact) mass is 399 g/mol. The number of hydrogen-bond donors (Lipinski definition) is 0. The van der Waals surface area contributed by atoms with Crippen LogP contribution in [0.25, 0.3) is 11.0 Å². The molecule has 6 heteroatoms. The van der Waals surface area contributed by atoms with E-state index >= 15 is 0 Å². The van der Waals surface area contributed by atoms with Gasteiger partial charge >= 0.3 is 0 Å². The number of benzene rings is 1. The van der Waals surface area contributed by atoms with Crippen LogP contribution in [0.4, 0.5) is 5.82 Å². The van der Waals surface area contributed by atoms with E-state index in [1.165, 1.54) is 31.2 Å². The molecule has 0 bridgehead atoms. The molecule has 0 spiro atoms. The smallest absolute Gasteiger partial charge is 0.163 e. The van der Waals surface area contributed by atoms with Crippen LogP contribution in [0.15, 0.2) is 42.9 Å². The molecule has 0 N–H and O–H groups in total. The van der Waals surface area contributed by atoms with E-state index in [-0.39, 0.29) is 4.83 Å². The third kappa shape index (κ3) is 3.54. The van der Waals surface area contributed by atoms with Crippen LogP contribution in [-0.4, -0.2) is 32.8 Å². The van der Waals surface area contributed by atoms with E-state index in [4.69, 9.17) is 0 Å². The second kappa shape index (κ2) is 7.52. The average Bonchev–Trinajstić information content (AvgIpc) is 2.88. The number of rotatable bonds is 4. The van der Waals surface area contributed by atoms with Gasteiger partial charge in [-0.2, -0.15) is 5.10 Å². The van der Waals surface area contributed by atoms with Crippen molar-refractivity contribution in [3.8, 4) is 0 Å². The molecule has 1 saturated heterocycles. The molecule has 4 rings (SSSR count). The molecule has 130 valence electrons. The van der Waals surface area contributed by atoms with Crippen molar-refractivity contribution in [1.82, 2.24) is 19.7 Å². The zero-order valence-electron chi connectivity index (χ0n) is 14.2. The summed E-state index contributed by atoms with van der Waals surface area (Å²) < 4.78 is 1.98. The summed E-state index contributed by atoms with van der Waals surface area (Å²) in [6, 6.07) is 10.4. The van der Waals surface area contributed by atoms with Gasteiger partial charge in [-0.05, 0) is 18.4 Å². The molecule has 3 aromatic rings. The number of halogens is 1. The minimum atomic E-state index is 0.202. The largest absolute Gasteiger partial charge is 0.356 e. The predicted octanol–water partition coefficient (Wildman–Crippen LogP) is 4.34. The first-order chi connectivity index (χ1) is 12.3. The van der Waals surface area contributed by atoms with Crippen LogP contribution in [0.5, 0.6) is 0 Å². The molecule has 1 aromatic carbocycles. The second-order valence-corrected chi connectivity index (χ2v) is 7.65. The van der Waals surface area contributed by atoms with Crippen molar-refractivity contribution in [2.75, 3.05) is 18.0 Å². The Balaban J connectivity index is 1.62. The number of fused-ring (bicyclic) bond motifs is 1. The average molecular weight is 400 g/mol. The Bertz CT molecular complexity index is 824. The highest BCUT2D eigenvalue weighted by molar-refractivity contribution is 9.09. The molecular formula is C19H22BrN5. The Labute approximate surface area is 156 Å². The van der Waals surface area contributed by atoms with Crippen LogP contribution in [0.3, 0.4) is 0 Å². The van der Waals surface area contributed by atoms with Crippen LogP contribution >= 0.6 is 15.9 Å². The zero-order valence-corrected chi connectivity index (χ0v) is 15.8. The first kappa shape index (κ1) is 16.5. The summed E-state index contributed by atoms with van der Waals surface area (Å²) in [7, 11) is 0. The molecule has 3 heterocycles. The van der Waals surface area contributed by atoms with E-state index in [0.717, 1.165) is 36.5 Å². The van der Waals surface area contributed by atoms with E-state index < -0.39 is 0 Å². The lowest BCUT2D eigenvalue weighted by atomic mass is 10.1.